The third-order valence-electron chi connectivity index (χ3n) is 3.65. The number of hydrogen-bond acceptors (Lipinski definition) is 3. The number of halogens is 1. The number of nitrogens with one attached hydrogen (secondary N) is 1. The van der Waals surface area contributed by atoms with Crippen LogP contribution in [-0.4, -0.2) is 30.8 Å². The molecule has 1 N–H and O–H groups in total. The molecule has 1 aromatic carbocycles. The maximum Gasteiger partial charge on any atom is 0.0808 e. The van der Waals surface area contributed by atoms with E-state index in [9.17, 15) is 0 Å². The molecular formula is C17H27ClN2O. The molecular weight excluding hydrogens is 284 g/mol. The van der Waals surface area contributed by atoms with Gasteiger partial charge < -0.3 is 15.0 Å². The summed E-state index contributed by atoms with van der Waals surface area (Å²) in [6.45, 7) is 14.3. The standard InChI is InChI=1S/C17H27ClN2O/c1-6-19-10-13-7-8-14(18)9-15(13)20-11-16(2,3)21-17(4,5)12-20/h7-9,19H,6,10-12H2,1-5H3. The first-order chi connectivity index (χ1) is 9.72. The largest absolute Gasteiger partial charge is 0.366 e. The average molecular weight is 311 g/mol. The Balaban J connectivity index is 2.33. The highest BCUT2D eigenvalue weighted by molar-refractivity contribution is 6.30. The van der Waals surface area contributed by atoms with E-state index in [1.807, 2.05) is 6.07 Å². The van der Waals surface area contributed by atoms with Crippen LogP contribution < -0.4 is 10.2 Å². The first-order valence-electron chi connectivity index (χ1n) is 7.67. The van der Waals surface area contributed by atoms with E-state index in [0.29, 0.717) is 0 Å². The molecule has 0 radical (unpaired) electrons. The first kappa shape index (κ1) is 16.6. The second-order valence-corrected chi connectivity index (χ2v) is 7.47. The molecule has 21 heavy (non-hydrogen) atoms. The number of nitrogens with zero attached hydrogens (tertiary/aromatic N) is 1. The van der Waals surface area contributed by atoms with Crippen LogP contribution in [0, 0.1) is 0 Å². The summed E-state index contributed by atoms with van der Waals surface area (Å²) in [5.74, 6) is 0. The summed E-state index contributed by atoms with van der Waals surface area (Å²) in [5, 5.41) is 4.19. The lowest BCUT2D eigenvalue weighted by Crippen LogP contribution is -2.57. The van der Waals surface area contributed by atoms with Gasteiger partial charge in [-0.25, -0.2) is 0 Å². The lowest BCUT2D eigenvalue weighted by atomic mass is 9.97. The van der Waals surface area contributed by atoms with Crippen LogP contribution in [-0.2, 0) is 11.3 Å². The van der Waals surface area contributed by atoms with Gasteiger partial charge in [0.15, 0.2) is 0 Å². The van der Waals surface area contributed by atoms with E-state index in [2.05, 4.69) is 57.0 Å². The van der Waals surface area contributed by atoms with E-state index >= 15 is 0 Å². The van der Waals surface area contributed by atoms with Crippen molar-refractivity contribution in [1.29, 1.82) is 0 Å². The molecule has 4 heteroatoms. The fourth-order valence-corrected chi connectivity index (χ4v) is 3.36. The fraction of sp³-hybridized carbons (Fsp3) is 0.647. The van der Waals surface area contributed by atoms with E-state index in [1.165, 1.54) is 11.3 Å². The van der Waals surface area contributed by atoms with Crippen LogP contribution in [0.25, 0.3) is 0 Å². The van der Waals surface area contributed by atoms with Crippen molar-refractivity contribution < 1.29 is 4.74 Å². The summed E-state index contributed by atoms with van der Waals surface area (Å²) in [6, 6.07) is 6.16. The summed E-state index contributed by atoms with van der Waals surface area (Å²) in [6.07, 6.45) is 0. The van der Waals surface area contributed by atoms with Gasteiger partial charge in [0, 0.05) is 30.3 Å². The number of ether oxygens (including phenoxy) is 1. The maximum absolute atomic E-state index is 6.23. The second kappa shape index (κ2) is 6.15. The monoisotopic (exact) mass is 310 g/mol. The van der Waals surface area contributed by atoms with Crippen LogP contribution >= 0.6 is 11.6 Å². The third-order valence-corrected chi connectivity index (χ3v) is 3.88. The summed E-state index contributed by atoms with van der Waals surface area (Å²) in [7, 11) is 0. The fourth-order valence-electron chi connectivity index (χ4n) is 3.20. The van der Waals surface area contributed by atoms with Crippen LogP contribution in [0.2, 0.25) is 5.02 Å². The Kier molecular flexibility index (Phi) is 4.86. The highest BCUT2D eigenvalue weighted by atomic mass is 35.5. The van der Waals surface area contributed by atoms with Crippen molar-refractivity contribution in [3.05, 3.63) is 28.8 Å². The molecule has 3 nitrogen and oxygen atoms in total. The Labute approximate surface area is 133 Å². The molecule has 0 spiro atoms. The lowest BCUT2D eigenvalue weighted by molar-refractivity contribution is -0.133. The third kappa shape index (κ3) is 4.35. The van der Waals surface area contributed by atoms with Crippen molar-refractivity contribution in [3.8, 4) is 0 Å². The summed E-state index contributed by atoms with van der Waals surface area (Å²) < 4.78 is 6.17. The Morgan fingerprint density at radius 1 is 1.19 bits per heavy atom. The maximum atomic E-state index is 6.23. The van der Waals surface area contributed by atoms with E-state index in [0.717, 1.165) is 31.2 Å². The molecule has 1 saturated heterocycles. The van der Waals surface area contributed by atoms with Crippen molar-refractivity contribution in [2.24, 2.45) is 0 Å². The normalized spacial score (nSPS) is 20.6. The molecule has 1 aromatic rings. The molecule has 0 aliphatic carbocycles. The molecule has 0 amide bonds. The van der Waals surface area contributed by atoms with Crippen molar-refractivity contribution >= 4 is 17.3 Å². The van der Waals surface area contributed by atoms with Crippen molar-refractivity contribution in [2.75, 3.05) is 24.5 Å². The topological polar surface area (TPSA) is 24.5 Å². The van der Waals surface area contributed by atoms with Crippen LogP contribution in [0.15, 0.2) is 18.2 Å². The highest BCUT2D eigenvalue weighted by Gasteiger charge is 2.38. The van der Waals surface area contributed by atoms with Crippen molar-refractivity contribution in [2.45, 2.75) is 52.4 Å². The van der Waals surface area contributed by atoms with E-state index in [-0.39, 0.29) is 11.2 Å². The Morgan fingerprint density at radius 2 is 1.81 bits per heavy atom. The van der Waals surface area contributed by atoms with Crippen LogP contribution in [0.5, 0.6) is 0 Å². The zero-order valence-corrected chi connectivity index (χ0v) is 14.5. The van der Waals surface area contributed by atoms with Gasteiger partial charge >= 0.3 is 0 Å². The van der Waals surface area contributed by atoms with Gasteiger partial charge in [-0.3, -0.25) is 0 Å². The number of rotatable bonds is 4. The Morgan fingerprint density at radius 3 is 2.38 bits per heavy atom. The minimum atomic E-state index is -0.167. The molecule has 0 unspecified atom stereocenters. The lowest BCUT2D eigenvalue weighted by Gasteiger charge is -2.48. The van der Waals surface area contributed by atoms with Gasteiger partial charge in [0.2, 0.25) is 0 Å². The van der Waals surface area contributed by atoms with E-state index in [4.69, 9.17) is 16.3 Å². The van der Waals surface area contributed by atoms with Gasteiger partial charge in [0.05, 0.1) is 11.2 Å². The average Bonchev–Trinajstić information content (AvgIpc) is 2.33. The molecule has 1 fully saturated rings. The number of morpholine rings is 1. The molecule has 2 rings (SSSR count). The van der Waals surface area contributed by atoms with E-state index < -0.39 is 0 Å². The summed E-state index contributed by atoms with van der Waals surface area (Å²) in [4.78, 5) is 2.40. The van der Waals surface area contributed by atoms with E-state index in [1.54, 1.807) is 0 Å². The number of anilines is 1. The molecule has 0 atom stereocenters. The van der Waals surface area contributed by atoms with Crippen LogP contribution in [0.3, 0.4) is 0 Å². The molecule has 1 aliphatic heterocycles. The molecule has 118 valence electrons. The minimum absolute atomic E-state index is 0.167. The van der Waals surface area contributed by atoms with Gasteiger partial charge in [-0.2, -0.15) is 0 Å². The minimum Gasteiger partial charge on any atom is -0.366 e. The summed E-state index contributed by atoms with van der Waals surface area (Å²) in [5.41, 5.74) is 2.17. The summed E-state index contributed by atoms with van der Waals surface area (Å²) >= 11 is 6.23. The molecule has 0 aromatic heterocycles. The predicted molar refractivity (Wildman–Crippen MR) is 90.3 cm³/mol. The zero-order valence-electron chi connectivity index (χ0n) is 13.8. The first-order valence-corrected chi connectivity index (χ1v) is 8.04. The smallest absolute Gasteiger partial charge is 0.0808 e. The predicted octanol–water partition coefficient (Wildman–Crippen LogP) is 3.84. The molecule has 0 bridgehead atoms. The van der Waals surface area contributed by atoms with Crippen molar-refractivity contribution in [1.82, 2.24) is 5.32 Å². The van der Waals surface area contributed by atoms with Gasteiger partial charge in [-0.1, -0.05) is 24.6 Å². The highest BCUT2D eigenvalue weighted by Crippen LogP contribution is 2.34. The Bertz CT molecular complexity index is 484. The number of hydrogen-bond donors (Lipinski definition) is 1. The zero-order chi connectivity index (χ0) is 15.7. The molecule has 0 saturated carbocycles. The molecule has 1 heterocycles. The molecule has 1 aliphatic rings. The number of benzene rings is 1. The van der Waals surface area contributed by atoms with Crippen LogP contribution in [0.4, 0.5) is 5.69 Å². The second-order valence-electron chi connectivity index (χ2n) is 7.03. The van der Waals surface area contributed by atoms with Gasteiger partial charge in [-0.15, -0.1) is 0 Å². The van der Waals surface area contributed by atoms with Gasteiger partial charge in [0.25, 0.3) is 0 Å². The van der Waals surface area contributed by atoms with Gasteiger partial charge in [-0.05, 0) is 51.9 Å². The SMILES string of the molecule is CCNCc1ccc(Cl)cc1N1CC(C)(C)OC(C)(C)C1. The quantitative estimate of drug-likeness (QED) is 0.914. The van der Waals surface area contributed by atoms with Gasteiger partial charge in [0.1, 0.15) is 0 Å². The van der Waals surface area contributed by atoms with Crippen molar-refractivity contribution in [3.63, 3.8) is 0 Å². The Hall–Kier alpha value is -0.770. The van der Waals surface area contributed by atoms with Crippen LogP contribution in [0.1, 0.15) is 40.2 Å².